The van der Waals surface area contributed by atoms with Crippen molar-refractivity contribution in [2.24, 2.45) is 0 Å². The maximum absolute atomic E-state index is 9.02. The summed E-state index contributed by atoms with van der Waals surface area (Å²) in [7, 11) is -0.582. The lowest BCUT2D eigenvalue weighted by Gasteiger charge is -2.10. The second-order valence-corrected chi connectivity index (χ2v) is 6.08. The molecule has 3 aromatic rings. The molecule has 0 radical (unpaired) electrons. The Bertz CT molecular complexity index is 916. The summed E-state index contributed by atoms with van der Waals surface area (Å²) in [6.45, 7) is 0.714. The quantitative estimate of drug-likeness (QED) is 0.587. The normalized spacial score (nSPS) is 10.8. The topological polar surface area (TPSA) is 103 Å². The van der Waals surface area contributed by atoms with E-state index >= 15 is 0 Å². The summed E-state index contributed by atoms with van der Waals surface area (Å²) in [5.74, 6) is 1.17. The molecule has 0 spiro atoms. The lowest BCUT2D eigenvalue weighted by atomic mass is 10.1. The van der Waals surface area contributed by atoms with Gasteiger partial charge in [-0.2, -0.15) is 5.26 Å². The summed E-state index contributed by atoms with van der Waals surface area (Å²) < 4.78 is 6.93. The highest BCUT2D eigenvalue weighted by atomic mass is 31.2. The van der Waals surface area contributed by atoms with Gasteiger partial charge in [-0.15, -0.1) is 0 Å². The van der Waals surface area contributed by atoms with Gasteiger partial charge in [0, 0.05) is 13.6 Å². The number of nitrogens with one attached hydrogen (secondary N) is 1. The first kappa shape index (κ1) is 17.2. The number of rotatable bonds is 6. The minimum absolute atomic E-state index is 0.424. The number of hydrogen-bond acceptors (Lipinski definition) is 6. The molecule has 0 fully saturated rings. The number of imidazole rings is 1. The first-order valence-corrected chi connectivity index (χ1v) is 8.80. The van der Waals surface area contributed by atoms with Crippen LogP contribution in [0.4, 0.5) is 5.95 Å². The van der Waals surface area contributed by atoms with Gasteiger partial charge in [0.25, 0.3) is 0 Å². The van der Waals surface area contributed by atoms with Crippen molar-refractivity contribution in [1.82, 2.24) is 9.55 Å². The van der Waals surface area contributed by atoms with E-state index in [4.69, 9.17) is 19.6 Å². The predicted octanol–water partition coefficient (Wildman–Crippen LogP) is 2.78. The molecule has 0 bridgehead atoms. The van der Waals surface area contributed by atoms with Crippen molar-refractivity contribution in [3.63, 3.8) is 0 Å². The fraction of sp³-hybridized carbons (Fsp3) is 0.176. The van der Waals surface area contributed by atoms with Crippen molar-refractivity contribution < 1.29 is 14.3 Å². The smallest absolute Gasteiger partial charge is 0.391 e. The Balaban J connectivity index is 1.79. The van der Waals surface area contributed by atoms with E-state index in [1.54, 1.807) is 24.3 Å². The van der Waals surface area contributed by atoms with E-state index in [1.165, 1.54) is 0 Å². The van der Waals surface area contributed by atoms with Gasteiger partial charge >= 0.3 is 8.60 Å². The average Bonchev–Trinajstić information content (AvgIpc) is 2.97. The standard InChI is InChI=1S/C17H17N4O3P/c1-19-17-20-15-10-13(11-18)4-7-16(15)21(17)9-8-12-2-5-14(6-3-12)24-25(22)23/h2-7,10,22-23H,8-9H2,1H3,(H,19,20). The highest BCUT2D eigenvalue weighted by Gasteiger charge is 2.10. The summed E-state index contributed by atoms with van der Waals surface area (Å²) in [6.07, 6.45) is 0.771. The highest BCUT2D eigenvalue weighted by molar-refractivity contribution is 7.39. The van der Waals surface area contributed by atoms with E-state index in [-0.39, 0.29) is 0 Å². The summed E-state index contributed by atoms with van der Waals surface area (Å²) in [4.78, 5) is 22.2. The van der Waals surface area contributed by atoms with Crippen LogP contribution in [0.2, 0.25) is 0 Å². The Labute approximate surface area is 146 Å². The first-order chi connectivity index (χ1) is 12.1. The lowest BCUT2D eigenvalue weighted by Crippen LogP contribution is -2.06. The minimum Gasteiger partial charge on any atom is -0.427 e. The minimum atomic E-state index is -2.40. The molecule has 2 aromatic carbocycles. The predicted molar refractivity (Wildman–Crippen MR) is 96.1 cm³/mol. The number of hydrogen-bond donors (Lipinski definition) is 3. The van der Waals surface area contributed by atoms with Crippen LogP contribution in [-0.2, 0) is 13.0 Å². The van der Waals surface area contributed by atoms with Gasteiger partial charge in [-0.25, -0.2) is 4.98 Å². The van der Waals surface area contributed by atoms with E-state index in [2.05, 4.69) is 20.9 Å². The molecular formula is C17H17N4O3P. The molecule has 8 heteroatoms. The van der Waals surface area contributed by atoms with Crippen LogP contribution in [0, 0.1) is 11.3 Å². The molecule has 0 saturated carbocycles. The zero-order valence-electron chi connectivity index (χ0n) is 13.5. The lowest BCUT2D eigenvalue weighted by molar-refractivity contribution is 0.375. The van der Waals surface area contributed by atoms with Crippen LogP contribution >= 0.6 is 8.60 Å². The SMILES string of the molecule is CNc1nc2cc(C#N)ccc2n1CCc1ccc(OP(O)O)cc1. The van der Waals surface area contributed by atoms with Crippen molar-refractivity contribution in [2.45, 2.75) is 13.0 Å². The fourth-order valence-electron chi connectivity index (χ4n) is 2.67. The molecule has 0 aliphatic heterocycles. The zero-order valence-corrected chi connectivity index (χ0v) is 14.4. The van der Waals surface area contributed by atoms with Gasteiger partial charge < -0.3 is 24.2 Å². The molecule has 1 heterocycles. The van der Waals surface area contributed by atoms with Crippen LogP contribution in [0.3, 0.4) is 0 Å². The second kappa shape index (κ2) is 7.49. The largest absolute Gasteiger partial charge is 0.427 e. The van der Waals surface area contributed by atoms with Gasteiger partial charge in [-0.3, -0.25) is 0 Å². The van der Waals surface area contributed by atoms with Crippen LogP contribution in [0.1, 0.15) is 11.1 Å². The van der Waals surface area contributed by atoms with Crippen molar-refractivity contribution >= 4 is 25.6 Å². The Kier molecular flexibility index (Phi) is 5.15. The van der Waals surface area contributed by atoms with Crippen LogP contribution in [0.25, 0.3) is 11.0 Å². The molecule has 0 saturated heterocycles. The van der Waals surface area contributed by atoms with Gasteiger partial charge in [0.2, 0.25) is 5.95 Å². The molecule has 3 N–H and O–H groups in total. The van der Waals surface area contributed by atoms with Gasteiger partial charge in [0.05, 0.1) is 22.7 Å². The van der Waals surface area contributed by atoms with Gasteiger partial charge in [-0.1, -0.05) is 12.1 Å². The number of aryl methyl sites for hydroxylation is 2. The van der Waals surface area contributed by atoms with Gasteiger partial charge in [0.1, 0.15) is 5.75 Å². The van der Waals surface area contributed by atoms with Gasteiger partial charge in [0.15, 0.2) is 0 Å². The van der Waals surface area contributed by atoms with E-state index in [9.17, 15) is 0 Å². The number of anilines is 1. The fourth-order valence-corrected chi connectivity index (χ4v) is 2.98. The molecule has 0 unspecified atom stereocenters. The molecular weight excluding hydrogens is 339 g/mol. The molecule has 1 aromatic heterocycles. The molecule has 3 rings (SSSR count). The van der Waals surface area contributed by atoms with Crippen LogP contribution < -0.4 is 9.84 Å². The Hall–Kier alpha value is -2.65. The van der Waals surface area contributed by atoms with E-state index < -0.39 is 8.60 Å². The number of fused-ring (bicyclic) bond motifs is 1. The highest BCUT2D eigenvalue weighted by Crippen LogP contribution is 2.29. The van der Waals surface area contributed by atoms with Crippen molar-refractivity contribution in [3.8, 4) is 11.8 Å². The van der Waals surface area contributed by atoms with E-state index in [1.807, 2.05) is 25.2 Å². The molecule has 25 heavy (non-hydrogen) atoms. The summed E-state index contributed by atoms with van der Waals surface area (Å²) in [6, 6.07) is 14.8. The molecule has 7 nitrogen and oxygen atoms in total. The van der Waals surface area contributed by atoms with Gasteiger partial charge in [-0.05, 0) is 42.3 Å². The summed E-state index contributed by atoms with van der Waals surface area (Å²) >= 11 is 0. The maximum Gasteiger partial charge on any atom is 0.391 e. The molecule has 0 aliphatic carbocycles. The Morgan fingerprint density at radius 3 is 2.64 bits per heavy atom. The zero-order chi connectivity index (χ0) is 17.8. The third-order valence-corrected chi connectivity index (χ3v) is 4.21. The third-order valence-electron chi connectivity index (χ3n) is 3.84. The Morgan fingerprint density at radius 2 is 2.00 bits per heavy atom. The molecule has 128 valence electrons. The maximum atomic E-state index is 9.02. The molecule has 0 atom stereocenters. The van der Waals surface area contributed by atoms with E-state index in [0.29, 0.717) is 17.9 Å². The van der Waals surface area contributed by atoms with Crippen molar-refractivity contribution in [3.05, 3.63) is 53.6 Å². The van der Waals surface area contributed by atoms with Crippen LogP contribution in [0.5, 0.6) is 5.75 Å². The number of aromatic nitrogens is 2. The number of nitriles is 1. The monoisotopic (exact) mass is 356 g/mol. The first-order valence-electron chi connectivity index (χ1n) is 7.63. The average molecular weight is 356 g/mol. The Morgan fingerprint density at radius 1 is 1.24 bits per heavy atom. The molecule has 0 amide bonds. The van der Waals surface area contributed by atoms with Crippen LogP contribution in [-0.4, -0.2) is 26.4 Å². The van der Waals surface area contributed by atoms with Crippen LogP contribution in [0.15, 0.2) is 42.5 Å². The van der Waals surface area contributed by atoms with Crippen molar-refractivity contribution in [1.29, 1.82) is 5.26 Å². The summed E-state index contributed by atoms with van der Waals surface area (Å²) in [5.41, 5.74) is 3.43. The number of nitrogens with zero attached hydrogens (tertiary/aromatic N) is 3. The van der Waals surface area contributed by atoms with E-state index in [0.717, 1.165) is 29.0 Å². The van der Waals surface area contributed by atoms with Crippen molar-refractivity contribution in [2.75, 3.05) is 12.4 Å². The third kappa shape index (κ3) is 3.89. The summed E-state index contributed by atoms with van der Waals surface area (Å²) in [5, 5.41) is 12.1. The second-order valence-electron chi connectivity index (χ2n) is 5.39. The number of benzene rings is 2. The molecule has 0 aliphatic rings.